The van der Waals surface area contributed by atoms with Gasteiger partial charge in [0.25, 0.3) is 0 Å². The molecule has 2 saturated heterocycles. The van der Waals surface area contributed by atoms with Crippen LogP contribution in [0.15, 0.2) is 54.7 Å². The van der Waals surface area contributed by atoms with Gasteiger partial charge in [-0.05, 0) is 73.6 Å². The largest absolute Gasteiger partial charge is 0.453 e. The molecule has 16 nitrogen and oxygen atoms in total. The van der Waals surface area contributed by atoms with Gasteiger partial charge in [0.2, 0.25) is 18.2 Å². The van der Waals surface area contributed by atoms with Crippen LogP contribution in [-0.4, -0.2) is 117 Å². The molecule has 2 fully saturated rings. The number of imidazole rings is 2. The van der Waals surface area contributed by atoms with Crippen molar-refractivity contribution in [1.82, 2.24) is 45.4 Å². The van der Waals surface area contributed by atoms with E-state index in [9.17, 15) is 19.5 Å². The molecule has 5 N–H and O–H groups in total. The van der Waals surface area contributed by atoms with Crippen LogP contribution in [-0.2, 0) is 23.8 Å². The van der Waals surface area contributed by atoms with Crippen molar-refractivity contribution in [2.45, 2.75) is 89.6 Å². The van der Waals surface area contributed by atoms with E-state index in [2.05, 4.69) is 44.9 Å². The van der Waals surface area contributed by atoms with Crippen molar-refractivity contribution in [1.29, 1.82) is 0 Å². The lowest BCUT2D eigenvalue weighted by Gasteiger charge is -2.31. The van der Waals surface area contributed by atoms with Crippen LogP contribution in [0.2, 0.25) is 0 Å². The molecule has 5 aromatic rings. The number of H-pyrrole nitrogens is 2. The average molecular weight is 796 g/mol. The molecule has 58 heavy (non-hydrogen) atoms. The highest BCUT2D eigenvalue weighted by molar-refractivity contribution is 5.91. The quantitative estimate of drug-likeness (QED) is 0.0928. The SMILES string of the molecule is CC[C@H](C)[C@H](NC(=O)OC)C(=O)N1CCC[C@H]1c1nc2nc(-c3ccc4cc(-c5cnc([C@@H]6CCCN6C(=O)[C@@H](NC(O)OC)[C@@H](C)OC)[nH]5)ccc4c3)ccc2[nH]1. The zero-order valence-electron chi connectivity index (χ0n) is 33.8. The fourth-order valence-corrected chi connectivity index (χ4v) is 8.08. The van der Waals surface area contributed by atoms with E-state index in [0.717, 1.165) is 70.9 Å². The van der Waals surface area contributed by atoms with Crippen LogP contribution in [0.3, 0.4) is 0 Å². The number of pyridine rings is 1. The van der Waals surface area contributed by atoms with Gasteiger partial charge in [-0.2, -0.15) is 0 Å². The summed E-state index contributed by atoms with van der Waals surface area (Å²) in [5, 5.41) is 17.7. The van der Waals surface area contributed by atoms with Gasteiger partial charge in [-0.1, -0.05) is 44.5 Å². The lowest BCUT2D eigenvalue weighted by atomic mass is 9.97. The van der Waals surface area contributed by atoms with Crippen LogP contribution in [0.25, 0.3) is 44.5 Å². The van der Waals surface area contributed by atoms with Crippen molar-refractivity contribution in [3.05, 3.63) is 66.4 Å². The number of amides is 3. The molecule has 5 heterocycles. The van der Waals surface area contributed by atoms with Gasteiger partial charge < -0.3 is 44.4 Å². The van der Waals surface area contributed by atoms with Crippen LogP contribution >= 0.6 is 0 Å². The number of ether oxygens (including phenoxy) is 3. The summed E-state index contributed by atoms with van der Waals surface area (Å²) < 4.78 is 15.2. The molecule has 7 atom stereocenters. The minimum Gasteiger partial charge on any atom is -0.453 e. The van der Waals surface area contributed by atoms with Gasteiger partial charge in [0, 0.05) is 38.4 Å². The Kier molecular flexibility index (Phi) is 12.4. The number of aliphatic hydroxyl groups is 1. The molecule has 0 bridgehead atoms. The Balaban J connectivity index is 1.07. The maximum absolute atomic E-state index is 13.8. The molecule has 0 radical (unpaired) electrons. The third kappa shape index (κ3) is 8.27. The number of aliphatic hydroxyl groups excluding tert-OH is 1. The number of benzene rings is 2. The minimum atomic E-state index is -1.31. The number of alkyl carbamates (subject to hydrolysis) is 1. The molecule has 1 unspecified atom stereocenters. The van der Waals surface area contributed by atoms with Gasteiger partial charge in [-0.25, -0.2) is 19.7 Å². The Morgan fingerprint density at radius 3 is 2.16 bits per heavy atom. The molecule has 2 aromatic carbocycles. The third-order valence-electron chi connectivity index (χ3n) is 11.7. The zero-order valence-corrected chi connectivity index (χ0v) is 33.8. The Bertz CT molecular complexity index is 2260. The van der Waals surface area contributed by atoms with Gasteiger partial charge in [0.1, 0.15) is 23.7 Å². The molecular formula is C42H53N9O7. The number of carbonyl (C=O) groups excluding carboxylic acids is 3. The zero-order chi connectivity index (χ0) is 41.1. The Hall–Kier alpha value is -5.42. The lowest BCUT2D eigenvalue weighted by Crippen LogP contribution is -2.55. The van der Waals surface area contributed by atoms with Crippen LogP contribution in [0.4, 0.5) is 4.79 Å². The van der Waals surface area contributed by atoms with Crippen molar-refractivity contribution >= 4 is 39.8 Å². The highest BCUT2D eigenvalue weighted by atomic mass is 16.6. The second-order valence-electron chi connectivity index (χ2n) is 15.2. The van der Waals surface area contributed by atoms with Crippen LogP contribution in [0.5, 0.6) is 0 Å². The Morgan fingerprint density at radius 2 is 1.50 bits per heavy atom. The summed E-state index contributed by atoms with van der Waals surface area (Å²) in [6.07, 6.45) is 3.25. The topological polar surface area (TPSA) is 200 Å². The number of methoxy groups -OCH3 is 3. The van der Waals surface area contributed by atoms with Crippen molar-refractivity contribution in [3.8, 4) is 22.5 Å². The summed E-state index contributed by atoms with van der Waals surface area (Å²) in [5.41, 5.74) is 4.87. The highest BCUT2D eigenvalue weighted by Gasteiger charge is 2.40. The smallest absolute Gasteiger partial charge is 0.407 e. The number of hydrogen-bond donors (Lipinski definition) is 5. The first-order chi connectivity index (χ1) is 28.0. The maximum atomic E-state index is 13.8. The molecule has 308 valence electrons. The van der Waals surface area contributed by atoms with Gasteiger partial charge >= 0.3 is 6.09 Å². The predicted octanol–water partition coefficient (Wildman–Crippen LogP) is 5.18. The third-order valence-corrected chi connectivity index (χ3v) is 11.7. The van der Waals surface area contributed by atoms with Gasteiger partial charge in [-0.3, -0.25) is 14.9 Å². The molecule has 0 spiro atoms. The molecular weight excluding hydrogens is 743 g/mol. The first-order valence-electron chi connectivity index (χ1n) is 19.9. The number of aromatic nitrogens is 5. The summed E-state index contributed by atoms with van der Waals surface area (Å²) in [6, 6.07) is 14.4. The Morgan fingerprint density at radius 1 is 0.845 bits per heavy atom. The summed E-state index contributed by atoms with van der Waals surface area (Å²) >= 11 is 0. The van der Waals surface area contributed by atoms with E-state index < -0.39 is 30.7 Å². The molecule has 3 amide bonds. The van der Waals surface area contributed by atoms with E-state index in [-0.39, 0.29) is 29.8 Å². The molecule has 3 aromatic heterocycles. The second-order valence-corrected chi connectivity index (χ2v) is 15.2. The van der Waals surface area contributed by atoms with E-state index in [4.69, 9.17) is 29.2 Å². The summed E-state index contributed by atoms with van der Waals surface area (Å²) in [7, 11) is 4.18. The minimum absolute atomic E-state index is 0.0717. The second kappa shape index (κ2) is 17.6. The monoisotopic (exact) mass is 795 g/mol. The number of fused-ring (bicyclic) bond motifs is 2. The molecule has 7 rings (SSSR count). The molecule has 2 aliphatic heterocycles. The Labute approximate surface area is 337 Å². The first-order valence-corrected chi connectivity index (χ1v) is 19.9. The molecule has 0 saturated carbocycles. The number of hydrogen-bond acceptors (Lipinski definition) is 11. The van der Waals surface area contributed by atoms with Crippen molar-refractivity contribution in [2.75, 3.05) is 34.4 Å². The predicted molar refractivity (Wildman–Crippen MR) is 217 cm³/mol. The standard InChI is InChI=1S/C42H53N9O7/c1-7-23(2)34(47-41(54)57-5)39(52)51-19-9-11-33(51)38-45-30-17-16-29(44-36(30)49-38)27-14-12-26-21-28(15-13-25(26)20-27)31-22-43-37(46-31)32-10-8-18-50(32)40(53)35(24(3)56-4)48-42(55)58-6/h12-17,20-24,32-35,42,48,55H,7-11,18-19H2,1-6H3,(H,43,46)(H,47,54)(H,44,45,49)/t23-,24+,32-,33-,34-,35-,42?/m0/s1. The number of nitrogens with zero attached hydrogens (tertiary/aromatic N) is 5. The van der Waals surface area contributed by atoms with E-state index in [1.54, 1.807) is 18.0 Å². The van der Waals surface area contributed by atoms with E-state index in [1.165, 1.54) is 21.3 Å². The molecule has 16 heteroatoms. The number of nitrogens with one attached hydrogen (secondary N) is 4. The van der Waals surface area contributed by atoms with Gasteiger partial charge in [0.05, 0.1) is 48.4 Å². The van der Waals surface area contributed by atoms with Crippen molar-refractivity contribution in [2.24, 2.45) is 5.92 Å². The van der Waals surface area contributed by atoms with E-state index in [1.807, 2.05) is 43.0 Å². The van der Waals surface area contributed by atoms with Crippen LogP contribution in [0, 0.1) is 5.92 Å². The van der Waals surface area contributed by atoms with Gasteiger partial charge in [-0.15, -0.1) is 0 Å². The van der Waals surface area contributed by atoms with E-state index in [0.29, 0.717) is 30.4 Å². The van der Waals surface area contributed by atoms with Crippen LogP contribution in [0.1, 0.15) is 76.6 Å². The number of aromatic amines is 2. The number of rotatable bonds is 14. The maximum Gasteiger partial charge on any atom is 0.407 e. The first kappa shape index (κ1) is 40.8. The van der Waals surface area contributed by atoms with Crippen molar-refractivity contribution < 1.29 is 33.7 Å². The van der Waals surface area contributed by atoms with Crippen molar-refractivity contribution in [3.63, 3.8) is 0 Å². The summed E-state index contributed by atoms with van der Waals surface area (Å²) in [4.78, 5) is 64.6. The summed E-state index contributed by atoms with van der Waals surface area (Å²) in [5.74, 6) is 0.973. The van der Waals surface area contributed by atoms with Gasteiger partial charge in [0.15, 0.2) is 5.65 Å². The average Bonchev–Trinajstić information content (AvgIpc) is 4.09. The van der Waals surface area contributed by atoms with Crippen LogP contribution < -0.4 is 10.6 Å². The number of carbonyl (C=O) groups is 3. The normalized spacial score (nSPS) is 19.6. The molecule has 0 aliphatic carbocycles. The fourth-order valence-electron chi connectivity index (χ4n) is 8.08. The highest BCUT2D eigenvalue weighted by Crippen LogP contribution is 2.35. The fraction of sp³-hybridized carbons (Fsp3) is 0.476. The number of likely N-dealkylation sites (tertiary alicyclic amines) is 2. The summed E-state index contributed by atoms with van der Waals surface area (Å²) in [6.45, 7) is 6.85. The molecule has 2 aliphatic rings. The lowest BCUT2D eigenvalue weighted by molar-refractivity contribution is -0.148. The van der Waals surface area contributed by atoms with E-state index >= 15 is 0 Å².